The van der Waals surface area contributed by atoms with E-state index in [-0.39, 0.29) is 11.5 Å². The van der Waals surface area contributed by atoms with Gasteiger partial charge in [0.25, 0.3) is 5.56 Å². The van der Waals surface area contributed by atoms with Gasteiger partial charge < -0.3 is 14.8 Å². The number of fused-ring (bicyclic) bond motifs is 1. The van der Waals surface area contributed by atoms with Crippen LogP contribution in [0.4, 0.5) is 5.69 Å². The molecule has 1 aromatic heterocycles. The molecule has 0 bridgehead atoms. The number of carbonyl (C=O) groups excluding carboxylic acids is 1. The first-order valence-corrected chi connectivity index (χ1v) is 10.1. The van der Waals surface area contributed by atoms with Gasteiger partial charge in [-0.15, -0.1) is 0 Å². The maximum atomic E-state index is 12.8. The van der Waals surface area contributed by atoms with E-state index in [0.29, 0.717) is 39.8 Å². The monoisotopic (exact) mass is 413 g/mol. The topological polar surface area (TPSA) is 82.5 Å². The second-order valence-electron chi connectivity index (χ2n) is 6.28. The molecule has 29 heavy (non-hydrogen) atoms. The molecule has 0 aliphatic heterocycles. The van der Waals surface area contributed by atoms with E-state index in [9.17, 15) is 9.59 Å². The average molecular weight is 413 g/mol. The molecule has 1 unspecified atom stereocenters. The van der Waals surface area contributed by atoms with Crippen LogP contribution in [0.3, 0.4) is 0 Å². The summed E-state index contributed by atoms with van der Waals surface area (Å²) < 4.78 is 12.1. The van der Waals surface area contributed by atoms with Crippen molar-refractivity contribution in [2.24, 2.45) is 0 Å². The SMILES string of the molecule is CCn1c(SC(C)C(=O)Nc2ccc(OC)cc2OC)nc2ccccc2c1=O. The molecule has 0 aliphatic rings. The molecule has 3 aromatic rings. The molecule has 0 saturated heterocycles. The van der Waals surface area contributed by atoms with Crippen molar-refractivity contribution in [3.8, 4) is 11.5 Å². The summed E-state index contributed by atoms with van der Waals surface area (Å²) in [6.07, 6.45) is 0. The first kappa shape index (κ1) is 20.7. The first-order chi connectivity index (χ1) is 14.0. The summed E-state index contributed by atoms with van der Waals surface area (Å²) in [7, 11) is 3.09. The fourth-order valence-electron chi connectivity index (χ4n) is 2.86. The number of thioether (sulfide) groups is 1. The molecule has 1 amide bonds. The average Bonchev–Trinajstić information content (AvgIpc) is 2.74. The molecule has 1 heterocycles. The van der Waals surface area contributed by atoms with Crippen LogP contribution in [-0.2, 0) is 11.3 Å². The number of hydrogen-bond acceptors (Lipinski definition) is 6. The van der Waals surface area contributed by atoms with Crippen LogP contribution in [0.2, 0.25) is 0 Å². The zero-order chi connectivity index (χ0) is 21.0. The van der Waals surface area contributed by atoms with E-state index >= 15 is 0 Å². The molecule has 1 N–H and O–H groups in total. The van der Waals surface area contributed by atoms with Crippen molar-refractivity contribution in [2.45, 2.75) is 30.8 Å². The normalized spacial score (nSPS) is 11.9. The van der Waals surface area contributed by atoms with Gasteiger partial charge in [0.1, 0.15) is 11.5 Å². The van der Waals surface area contributed by atoms with Crippen molar-refractivity contribution in [2.75, 3.05) is 19.5 Å². The standard InChI is InChI=1S/C21H23N3O4S/c1-5-24-20(26)15-8-6-7-9-16(15)23-21(24)29-13(2)19(25)22-17-11-10-14(27-3)12-18(17)28-4/h6-13H,5H2,1-4H3,(H,22,25). The number of para-hydroxylation sites is 1. The molecule has 0 spiro atoms. The Morgan fingerprint density at radius 1 is 1.21 bits per heavy atom. The number of ether oxygens (including phenoxy) is 2. The predicted molar refractivity (Wildman–Crippen MR) is 115 cm³/mol. The predicted octanol–water partition coefficient (Wildman–Crippen LogP) is 3.55. The Kier molecular flexibility index (Phi) is 6.43. The van der Waals surface area contributed by atoms with Crippen LogP contribution >= 0.6 is 11.8 Å². The molecular weight excluding hydrogens is 390 g/mol. The quantitative estimate of drug-likeness (QED) is 0.471. The fourth-order valence-corrected chi connectivity index (χ4v) is 3.84. The maximum Gasteiger partial charge on any atom is 0.262 e. The van der Waals surface area contributed by atoms with Crippen molar-refractivity contribution >= 4 is 34.3 Å². The van der Waals surface area contributed by atoms with Gasteiger partial charge in [0.2, 0.25) is 5.91 Å². The molecular formula is C21H23N3O4S. The van der Waals surface area contributed by atoms with Gasteiger partial charge in [-0.3, -0.25) is 14.2 Å². The number of aromatic nitrogens is 2. The third-order valence-electron chi connectivity index (χ3n) is 4.46. The highest BCUT2D eigenvalue weighted by atomic mass is 32.2. The lowest BCUT2D eigenvalue weighted by Gasteiger charge is -2.16. The van der Waals surface area contributed by atoms with Crippen LogP contribution in [0.25, 0.3) is 10.9 Å². The van der Waals surface area contributed by atoms with Gasteiger partial charge >= 0.3 is 0 Å². The molecule has 3 rings (SSSR count). The smallest absolute Gasteiger partial charge is 0.262 e. The molecule has 1 atom stereocenters. The maximum absolute atomic E-state index is 12.8. The van der Waals surface area contributed by atoms with Gasteiger partial charge in [0.05, 0.1) is 36.1 Å². The van der Waals surface area contributed by atoms with Crippen LogP contribution in [0.1, 0.15) is 13.8 Å². The van der Waals surface area contributed by atoms with E-state index in [4.69, 9.17) is 9.47 Å². The van der Waals surface area contributed by atoms with Gasteiger partial charge in [0, 0.05) is 12.6 Å². The van der Waals surface area contributed by atoms with Crippen molar-refractivity contribution in [3.63, 3.8) is 0 Å². The number of nitrogens with one attached hydrogen (secondary N) is 1. The number of carbonyl (C=O) groups is 1. The Balaban J connectivity index is 1.84. The number of methoxy groups -OCH3 is 2. The van der Waals surface area contributed by atoms with E-state index < -0.39 is 5.25 Å². The fraction of sp³-hybridized carbons (Fsp3) is 0.286. The molecule has 8 heteroatoms. The lowest BCUT2D eigenvalue weighted by Crippen LogP contribution is -2.26. The molecule has 0 aliphatic carbocycles. The van der Waals surface area contributed by atoms with Crippen molar-refractivity contribution in [1.29, 1.82) is 0 Å². The van der Waals surface area contributed by atoms with Crippen LogP contribution < -0.4 is 20.3 Å². The van der Waals surface area contributed by atoms with E-state index in [2.05, 4.69) is 10.3 Å². The zero-order valence-corrected chi connectivity index (χ0v) is 17.6. The largest absolute Gasteiger partial charge is 0.497 e. The van der Waals surface area contributed by atoms with Gasteiger partial charge in [-0.2, -0.15) is 0 Å². The number of rotatable bonds is 7. The van der Waals surface area contributed by atoms with Crippen LogP contribution in [-0.4, -0.2) is 34.9 Å². The Morgan fingerprint density at radius 3 is 2.66 bits per heavy atom. The molecule has 0 saturated carbocycles. The van der Waals surface area contributed by atoms with Gasteiger partial charge in [-0.05, 0) is 38.1 Å². The van der Waals surface area contributed by atoms with Gasteiger partial charge in [-0.1, -0.05) is 23.9 Å². The second kappa shape index (κ2) is 9.00. The highest BCUT2D eigenvalue weighted by Gasteiger charge is 2.20. The number of benzene rings is 2. The summed E-state index contributed by atoms with van der Waals surface area (Å²) >= 11 is 1.25. The highest BCUT2D eigenvalue weighted by molar-refractivity contribution is 8.00. The summed E-state index contributed by atoms with van der Waals surface area (Å²) in [5, 5.41) is 3.47. The Morgan fingerprint density at radius 2 is 1.97 bits per heavy atom. The third kappa shape index (κ3) is 4.37. The van der Waals surface area contributed by atoms with Crippen molar-refractivity contribution in [3.05, 3.63) is 52.8 Å². The Bertz CT molecular complexity index is 1100. The van der Waals surface area contributed by atoms with Gasteiger partial charge in [-0.25, -0.2) is 4.98 Å². The molecule has 2 aromatic carbocycles. The lowest BCUT2D eigenvalue weighted by atomic mass is 10.2. The molecule has 0 fully saturated rings. The summed E-state index contributed by atoms with van der Waals surface area (Å²) in [4.78, 5) is 30.1. The number of amides is 1. The summed E-state index contributed by atoms with van der Waals surface area (Å²) in [5.74, 6) is 0.919. The lowest BCUT2D eigenvalue weighted by molar-refractivity contribution is -0.115. The number of nitrogens with zero attached hydrogens (tertiary/aromatic N) is 2. The van der Waals surface area contributed by atoms with Crippen LogP contribution in [0.15, 0.2) is 52.4 Å². The van der Waals surface area contributed by atoms with Gasteiger partial charge in [0.15, 0.2) is 5.16 Å². The minimum Gasteiger partial charge on any atom is -0.497 e. The third-order valence-corrected chi connectivity index (χ3v) is 5.55. The number of anilines is 1. The molecule has 152 valence electrons. The van der Waals surface area contributed by atoms with E-state index in [0.717, 1.165) is 0 Å². The Hall–Kier alpha value is -3.00. The zero-order valence-electron chi connectivity index (χ0n) is 16.8. The van der Waals surface area contributed by atoms with Crippen molar-refractivity contribution in [1.82, 2.24) is 9.55 Å². The van der Waals surface area contributed by atoms with E-state index in [1.165, 1.54) is 18.9 Å². The van der Waals surface area contributed by atoms with E-state index in [1.807, 2.05) is 19.1 Å². The Labute approximate surface area is 173 Å². The first-order valence-electron chi connectivity index (χ1n) is 9.17. The summed E-state index contributed by atoms with van der Waals surface area (Å²) in [6, 6.07) is 12.4. The van der Waals surface area contributed by atoms with Crippen LogP contribution in [0, 0.1) is 0 Å². The summed E-state index contributed by atoms with van der Waals surface area (Å²) in [6.45, 7) is 4.13. The van der Waals surface area contributed by atoms with E-state index in [1.54, 1.807) is 48.9 Å². The highest BCUT2D eigenvalue weighted by Crippen LogP contribution is 2.30. The van der Waals surface area contributed by atoms with Crippen molar-refractivity contribution < 1.29 is 14.3 Å². The number of hydrogen-bond donors (Lipinski definition) is 1. The molecule has 0 radical (unpaired) electrons. The summed E-state index contributed by atoms with van der Waals surface area (Å²) in [5.41, 5.74) is 1.06. The minimum absolute atomic E-state index is 0.106. The minimum atomic E-state index is -0.479. The molecule has 7 nitrogen and oxygen atoms in total. The second-order valence-corrected chi connectivity index (χ2v) is 7.58. The van der Waals surface area contributed by atoms with Crippen LogP contribution in [0.5, 0.6) is 11.5 Å².